The first-order valence-corrected chi connectivity index (χ1v) is 11.3. The SMILES string of the molecule is CCC1(CC)CC(=O)N(C[C@@H]2C[C@H]2C(=O)NC2CC(C(F)(F)F)Oc3ccccc32)C(N)=N1. The van der Waals surface area contributed by atoms with Gasteiger partial charge >= 0.3 is 6.18 Å². The van der Waals surface area contributed by atoms with Crippen molar-refractivity contribution in [3.05, 3.63) is 29.8 Å². The molecule has 0 aromatic heterocycles. The van der Waals surface area contributed by atoms with Crippen molar-refractivity contribution in [2.45, 2.75) is 69.8 Å². The van der Waals surface area contributed by atoms with Gasteiger partial charge in [0.25, 0.3) is 0 Å². The molecule has 7 nitrogen and oxygen atoms in total. The van der Waals surface area contributed by atoms with Gasteiger partial charge in [0.2, 0.25) is 11.8 Å². The maximum Gasteiger partial charge on any atom is 0.425 e. The zero-order valence-electron chi connectivity index (χ0n) is 18.7. The molecule has 0 saturated heterocycles. The van der Waals surface area contributed by atoms with Crippen LogP contribution in [0.2, 0.25) is 0 Å². The van der Waals surface area contributed by atoms with E-state index in [4.69, 9.17) is 10.5 Å². The smallest absolute Gasteiger partial charge is 0.425 e. The van der Waals surface area contributed by atoms with Crippen LogP contribution in [0.3, 0.4) is 0 Å². The lowest BCUT2D eigenvalue weighted by atomic mass is 9.88. The Morgan fingerprint density at radius 1 is 1.27 bits per heavy atom. The zero-order chi connectivity index (χ0) is 24.0. The van der Waals surface area contributed by atoms with Gasteiger partial charge in [0.05, 0.1) is 18.0 Å². The predicted molar refractivity (Wildman–Crippen MR) is 115 cm³/mol. The number of benzene rings is 1. The number of aliphatic imine (C=N–C) groups is 1. The number of alkyl halides is 3. The van der Waals surface area contributed by atoms with Crippen LogP contribution in [0.1, 0.15) is 57.6 Å². The van der Waals surface area contributed by atoms with Crippen molar-refractivity contribution in [3.8, 4) is 5.75 Å². The first-order chi connectivity index (χ1) is 15.6. The molecule has 1 aromatic rings. The molecule has 2 unspecified atom stereocenters. The molecule has 2 amide bonds. The van der Waals surface area contributed by atoms with Gasteiger partial charge in [-0.2, -0.15) is 13.2 Å². The molecule has 4 rings (SSSR count). The van der Waals surface area contributed by atoms with Gasteiger partial charge in [0, 0.05) is 24.4 Å². The molecule has 2 aliphatic heterocycles. The number of hydrogen-bond acceptors (Lipinski definition) is 5. The number of rotatable bonds is 6. The lowest BCUT2D eigenvalue weighted by Gasteiger charge is -2.36. The first kappa shape index (κ1) is 23.4. The highest BCUT2D eigenvalue weighted by Gasteiger charge is 2.49. The molecule has 0 radical (unpaired) electrons. The average molecular weight is 467 g/mol. The predicted octanol–water partition coefficient (Wildman–Crippen LogP) is 3.30. The highest BCUT2D eigenvalue weighted by molar-refractivity contribution is 5.99. The number of halogens is 3. The van der Waals surface area contributed by atoms with Crippen molar-refractivity contribution >= 4 is 17.8 Å². The molecular weight excluding hydrogens is 437 g/mol. The fourth-order valence-corrected chi connectivity index (χ4v) is 4.74. The van der Waals surface area contributed by atoms with Gasteiger partial charge < -0.3 is 15.8 Å². The van der Waals surface area contributed by atoms with E-state index in [9.17, 15) is 22.8 Å². The summed E-state index contributed by atoms with van der Waals surface area (Å²) in [5.41, 5.74) is 6.15. The van der Waals surface area contributed by atoms with Gasteiger partial charge in [-0.1, -0.05) is 32.0 Å². The molecule has 1 aromatic carbocycles. The number of carbonyl (C=O) groups is 2. The Bertz CT molecular complexity index is 961. The summed E-state index contributed by atoms with van der Waals surface area (Å²) in [5, 5.41) is 2.78. The van der Waals surface area contributed by atoms with E-state index in [2.05, 4.69) is 10.3 Å². The van der Waals surface area contributed by atoms with Gasteiger partial charge in [-0.05, 0) is 31.2 Å². The number of guanidine groups is 1. The number of para-hydroxylation sites is 1. The third kappa shape index (κ3) is 4.65. The maximum absolute atomic E-state index is 13.3. The number of ether oxygens (including phenoxy) is 1. The van der Waals surface area contributed by atoms with Crippen LogP contribution < -0.4 is 15.8 Å². The second-order valence-corrected chi connectivity index (χ2v) is 9.17. The van der Waals surface area contributed by atoms with Crippen LogP contribution in [0.4, 0.5) is 13.2 Å². The molecule has 1 fully saturated rings. The Kier molecular flexibility index (Phi) is 6.05. The van der Waals surface area contributed by atoms with E-state index < -0.39 is 23.9 Å². The minimum atomic E-state index is -4.53. The van der Waals surface area contributed by atoms with Gasteiger partial charge in [0.1, 0.15) is 5.75 Å². The number of nitrogens with one attached hydrogen (secondary N) is 1. The van der Waals surface area contributed by atoms with Crippen molar-refractivity contribution in [2.24, 2.45) is 22.6 Å². The summed E-state index contributed by atoms with van der Waals surface area (Å²) in [6.07, 6.45) is -4.65. The number of hydrogen-bond donors (Lipinski definition) is 2. The molecule has 4 atom stereocenters. The summed E-state index contributed by atoms with van der Waals surface area (Å²) in [7, 11) is 0. The van der Waals surface area contributed by atoms with Crippen LogP contribution >= 0.6 is 0 Å². The zero-order valence-corrected chi connectivity index (χ0v) is 18.7. The van der Waals surface area contributed by atoms with Crippen molar-refractivity contribution in [2.75, 3.05) is 6.54 Å². The first-order valence-electron chi connectivity index (χ1n) is 11.3. The molecular formula is C23H29F3N4O3. The quantitative estimate of drug-likeness (QED) is 0.672. The number of nitrogens with zero attached hydrogens (tertiary/aromatic N) is 2. The van der Waals surface area contributed by atoms with Gasteiger partial charge in [-0.15, -0.1) is 0 Å². The highest BCUT2D eigenvalue weighted by atomic mass is 19.4. The molecule has 33 heavy (non-hydrogen) atoms. The molecule has 3 aliphatic rings. The summed E-state index contributed by atoms with van der Waals surface area (Å²) >= 11 is 0. The Balaban J connectivity index is 1.40. The van der Waals surface area contributed by atoms with Gasteiger partial charge in [0.15, 0.2) is 12.1 Å². The number of amides is 2. The van der Waals surface area contributed by atoms with Crippen LogP contribution in [0.5, 0.6) is 5.75 Å². The van der Waals surface area contributed by atoms with Crippen molar-refractivity contribution in [1.82, 2.24) is 10.2 Å². The van der Waals surface area contributed by atoms with Crippen LogP contribution in [-0.4, -0.2) is 47.0 Å². The summed E-state index contributed by atoms with van der Waals surface area (Å²) in [6, 6.07) is 5.64. The van der Waals surface area contributed by atoms with E-state index >= 15 is 0 Å². The third-order valence-electron chi connectivity index (χ3n) is 7.10. The fourth-order valence-electron chi connectivity index (χ4n) is 4.74. The lowest BCUT2D eigenvalue weighted by molar-refractivity contribution is -0.201. The van der Waals surface area contributed by atoms with E-state index in [1.807, 2.05) is 13.8 Å². The van der Waals surface area contributed by atoms with E-state index in [1.165, 1.54) is 11.0 Å². The molecule has 180 valence electrons. The second-order valence-electron chi connectivity index (χ2n) is 9.17. The molecule has 1 saturated carbocycles. The number of nitrogens with two attached hydrogens (primary N) is 1. The minimum Gasteiger partial charge on any atom is -0.480 e. The van der Waals surface area contributed by atoms with Crippen molar-refractivity contribution in [3.63, 3.8) is 0 Å². The summed E-state index contributed by atoms with van der Waals surface area (Å²) in [4.78, 5) is 31.6. The van der Waals surface area contributed by atoms with E-state index in [-0.39, 0.29) is 54.7 Å². The molecule has 3 N–H and O–H groups in total. The third-order valence-corrected chi connectivity index (χ3v) is 7.10. The monoisotopic (exact) mass is 466 g/mol. The Morgan fingerprint density at radius 3 is 2.61 bits per heavy atom. The normalized spacial score (nSPS) is 28.5. The van der Waals surface area contributed by atoms with E-state index in [0.29, 0.717) is 24.8 Å². The lowest BCUT2D eigenvalue weighted by Crippen LogP contribution is -2.52. The Morgan fingerprint density at radius 2 is 1.97 bits per heavy atom. The molecule has 2 heterocycles. The van der Waals surface area contributed by atoms with E-state index in [0.717, 1.165) is 0 Å². The topological polar surface area (TPSA) is 97.0 Å². The van der Waals surface area contributed by atoms with Crippen LogP contribution in [0.25, 0.3) is 0 Å². The fraction of sp³-hybridized carbons (Fsp3) is 0.609. The van der Waals surface area contributed by atoms with Gasteiger partial charge in [-0.3, -0.25) is 14.5 Å². The van der Waals surface area contributed by atoms with Crippen LogP contribution in [0, 0.1) is 11.8 Å². The Hall–Kier alpha value is -2.78. The van der Waals surface area contributed by atoms with Crippen molar-refractivity contribution in [1.29, 1.82) is 0 Å². The summed E-state index contributed by atoms with van der Waals surface area (Å²) in [6.45, 7) is 4.23. The number of fused-ring (bicyclic) bond motifs is 1. The summed E-state index contributed by atoms with van der Waals surface area (Å²) in [5.74, 6) is -0.613. The average Bonchev–Trinajstić information content (AvgIpc) is 3.55. The molecule has 10 heteroatoms. The standard InChI is InChI=1S/C23H29F3N4O3/c1-3-22(4-2)11-19(31)30(21(27)29-22)12-13-9-15(13)20(32)28-16-10-18(23(24,25)26)33-17-8-6-5-7-14(16)17/h5-8,13,15-16,18H,3-4,9-12H2,1-2H3,(H2,27,29)(H,28,32)/t13-,15+,16?,18?/m0/s1. The largest absolute Gasteiger partial charge is 0.480 e. The molecule has 1 aliphatic carbocycles. The highest BCUT2D eigenvalue weighted by Crippen LogP contribution is 2.43. The number of carbonyl (C=O) groups excluding carboxylic acids is 2. The van der Waals surface area contributed by atoms with E-state index in [1.54, 1.807) is 18.2 Å². The Labute approximate surface area is 190 Å². The van der Waals surface area contributed by atoms with Crippen molar-refractivity contribution < 1.29 is 27.5 Å². The van der Waals surface area contributed by atoms with Crippen LogP contribution in [0.15, 0.2) is 29.3 Å². The second kappa shape index (κ2) is 8.53. The maximum atomic E-state index is 13.3. The molecule has 0 bridgehead atoms. The van der Waals surface area contributed by atoms with Crippen LogP contribution in [-0.2, 0) is 9.59 Å². The summed E-state index contributed by atoms with van der Waals surface area (Å²) < 4.78 is 45.1. The minimum absolute atomic E-state index is 0.105. The molecule has 0 spiro atoms. The van der Waals surface area contributed by atoms with Gasteiger partial charge in [-0.25, -0.2) is 4.99 Å².